The van der Waals surface area contributed by atoms with Crippen LogP contribution >= 0.6 is 11.6 Å². The number of rotatable bonds is 8. The molecule has 0 heterocycles. The summed E-state index contributed by atoms with van der Waals surface area (Å²) in [4.78, 5) is 14.0. The average molecular weight is 299 g/mol. The molecule has 5 heteroatoms. The molecule has 0 fully saturated rings. The van der Waals surface area contributed by atoms with Gasteiger partial charge in [0.15, 0.2) is 0 Å². The van der Waals surface area contributed by atoms with Crippen LogP contribution in [-0.4, -0.2) is 41.7 Å². The molecule has 0 radical (unpaired) electrons. The maximum Gasteiger partial charge on any atom is 0.234 e. The van der Waals surface area contributed by atoms with Crippen molar-refractivity contribution < 1.29 is 9.90 Å². The minimum Gasteiger partial charge on any atom is -0.396 e. The van der Waals surface area contributed by atoms with Crippen LogP contribution in [0.15, 0.2) is 24.3 Å². The molecule has 0 unspecified atom stereocenters. The zero-order valence-corrected chi connectivity index (χ0v) is 12.9. The predicted octanol–water partition coefficient (Wildman–Crippen LogP) is 2.05. The van der Waals surface area contributed by atoms with E-state index >= 15 is 0 Å². The maximum absolute atomic E-state index is 11.9. The second-order valence-electron chi connectivity index (χ2n) is 5.01. The fourth-order valence-corrected chi connectivity index (χ4v) is 2.07. The van der Waals surface area contributed by atoms with Crippen molar-refractivity contribution in [2.24, 2.45) is 0 Å². The van der Waals surface area contributed by atoms with Crippen LogP contribution < -0.4 is 5.32 Å². The number of nitrogens with one attached hydrogen (secondary N) is 1. The molecule has 1 rings (SSSR count). The lowest BCUT2D eigenvalue weighted by molar-refractivity contribution is -0.122. The second kappa shape index (κ2) is 8.95. The van der Waals surface area contributed by atoms with Gasteiger partial charge in [-0.2, -0.15) is 0 Å². The molecule has 0 aromatic heterocycles. The number of halogens is 1. The summed E-state index contributed by atoms with van der Waals surface area (Å²) >= 11 is 6.04. The minimum absolute atomic E-state index is 0.0310. The number of carbonyl (C=O) groups is 1. The van der Waals surface area contributed by atoms with Gasteiger partial charge in [-0.1, -0.05) is 29.8 Å². The summed E-state index contributed by atoms with van der Waals surface area (Å²) in [7, 11) is 0. The lowest BCUT2D eigenvalue weighted by atomic mass is 10.2. The average Bonchev–Trinajstić information content (AvgIpc) is 2.42. The number of hydrogen-bond donors (Lipinski definition) is 2. The summed E-state index contributed by atoms with van der Waals surface area (Å²) in [5, 5.41) is 12.4. The second-order valence-corrected chi connectivity index (χ2v) is 5.42. The lowest BCUT2D eigenvalue weighted by Gasteiger charge is -2.25. The smallest absolute Gasteiger partial charge is 0.234 e. The van der Waals surface area contributed by atoms with Crippen molar-refractivity contribution in [2.75, 3.05) is 19.7 Å². The highest BCUT2D eigenvalue weighted by Crippen LogP contribution is 2.14. The summed E-state index contributed by atoms with van der Waals surface area (Å²) in [5.41, 5.74) is 0.911. The van der Waals surface area contributed by atoms with Crippen molar-refractivity contribution in [1.82, 2.24) is 10.2 Å². The van der Waals surface area contributed by atoms with E-state index in [1.54, 1.807) is 0 Å². The molecule has 0 saturated carbocycles. The number of benzene rings is 1. The first-order valence-corrected chi connectivity index (χ1v) is 7.27. The van der Waals surface area contributed by atoms with Crippen molar-refractivity contribution in [3.63, 3.8) is 0 Å². The molecule has 20 heavy (non-hydrogen) atoms. The third-order valence-electron chi connectivity index (χ3n) is 3.11. The number of amides is 1. The Balaban J connectivity index is 2.44. The molecule has 0 saturated heterocycles. The van der Waals surface area contributed by atoms with E-state index in [0.29, 0.717) is 31.1 Å². The summed E-state index contributed by atoms with van der Waals surface area (Å²) in [6, 6.07) is 7.74. The molecule has 1 amide bonds. The summed E-state index contributed by atoms with van der Waals surface area (Å²) in [6.07, 6.45) is 0.677. The van der Waals surface area contributed by atoms with Gasteiger partial charge in [0.05, 0.1) is 6.54 Å². The maximum atomic E-state index is 11.9. The van der Waals surface area contributed by atoms with Crippen LogP contribution in [0, 0.1) is 0 Å². The van der Waals surface area contributed by atoms with Gasteiger partial charge in [0, 0.05) is 30.8 Å². The van der Waals surface area contributed by atoms with Crippen molar-refractivity contribution >= 4 is 17.5 Å². The van der Waals surface area contributed by atoms with Crippen LogP contribution in [0.3, 0.4) is 0 Å². The molecule has 0 aliphatic carbocycles. The van der Waals surface area contributed by atoms with Gasteiger partial charge in [-0.25, -0.2) is 0 Å². The molecule has 0 aliphatic heterocycles. The van der Waals surface area contributed by atoms with E-state index in [2.05, 4.69) is 5.32 Å². The minimum atomic E-state index is -0.0310. The Kier molecular flexibility index (Phi) is 7.59. The zero-order valence-electron chi connectivity index (χ0n) is 12.1. The molecule has 4 nitrogen and oxygen atoms in total. The normalized spacial score (nSPS) is 11.1. The van der Waals surface area contributed by atoms with Crippen molar-refractivity contribution in [2.45, 2.75) is 32.9 Å². The highest BCUT2D eigenvalue weighted by molar-refractivity contribution is 6.31. The lowest BCUT2D eigenvalue weighted by Crippen LogP contribution is -2.41. The van der Waals surface area contributed by atoms with Gasteiger partial charge in [0.1, 0.15) is 0 Å². The van der Waals surface area contributed by atoms with Gasteiger partial charge in [-0.15, -0.1) is 0 Å². The molecule has 1 aromatic carbocycles. The highest BCUT2D eigenvalue weighted by atomic mass is 35.5. The number of nitrogens with zero attached hydrogens (tertiary/aromatic N) is 1. The van der Waals surface area contributed by atoms with Crippen molar-refractivity contribution in [3.05, 3.63) is 34.9 Å². The molecule has 0 spiro atoms. The molecular weight excluding hydrogens is 276 g/mol. The Morgan fingerprint density at radius 1 is 1.40 bits per heavy atom. The van der Waals surface area contributed by atoms with E-state index < -0.39 is 0 Å². The predicted molar refractivity (Wildman–Crippen MR) is 81.7 cm³/mol. The topological polar surface area (TPSA) is 52.6 Å². The quantitative estimate of drug-likeness (QED) is 0.772. The molecule has 0 aliphatic rings. The summed E-state index contributed by atoms with van der Waals surface area (Å²) in [6.45, 7) is 5.71. The number of aliphatic hydroxyl groups excluding tert-OH is 1. The molecule has 0 bridgehead atoms. The van der Waals surface area contributed by atoms with E-state index in [0.717, 1.165) is 5.56 Å². The highest BCUT2D eigenvalue weighted by Gasteiger charge is 2.13. The number of carbonyl (C=O) groups excluding carboxylic acids is 1. The van der Waals surface area contributed by atoms with Gasteiger partial charge in [0.25, 0.3) is 0 Å². The Morgan fingerprint density at radius 3 is 2.70 bits per heavy atom. The summed E-state index contributed by atoms with van der Waals surface area (Å²) in [5.74, 6) is -0.0310. The SMILES string of the molecule is CC(C)N(CCCO)CC(=O)NCc1ccccc1Cl. The Labute approximate surface area is 125 Å². The third-order valence-corrected chi connectivity index (χ3v) is 3.48. The van der Waals surface area contributed by atoms with Crippen molar-refractivity contribution in [1.29, 1.82) is 0 Å². The van der Waals surface area contributed by atoms with Crippen LogP contribution in [0.5, 0.6) is 0 Å². The Hall–Kier alpha value is -1.10. The first kappa shape index (κ1) is 17.0. The van der Waals surface area contributed by atoms with Gasteiger partial charge in [-0.3, -0.25) is 9.69 Å². The monoisotopic (exact) mass is 298 g/mol. The molecule has 2 N–H and O–H groups in total. The molecular formula is C15H23ClN2O2. The molecule has 112 valence electrons. The Morgan fingerprint density at radius 2 is 2.10 bits per heavy atom. The van der Waals surface area contributed by atoms with E-state index in [1.165, 1.54) is 0 Å². The van der Waals surface area contributed by atoms with Gasteiger partial charge in [0.2, 0.25) is 5.91 Å². The third kappa shape index (κ3) is 5.90. The van der Waals surface area contributed by atoms with E-state index in [9.17, 15) is 4.79 Å². The van der Waals surface area contributed by atoms with Gasteiger partial charge < -0.3 is 10.4 Å². The first-order valence-electron chi connectivity index (χ1n) is 6.89. The largest absolute Gasteiger partial charge is 0.396 e. The number of hydrogen-bond acceptors (Lipinski definition) is 3. The van der Waals surface area contributed by atoms with Crippen LogP contribution in [0.1, 0.15) is 25.8 Å². The van der Waals surface area contributed by atoms with Crippen molar-refractivity contribution in [3.8, 4) is 0 Å². The first-order chi connectivity index (χ1) is 9.54. The van der Waals surface area contributed by atoms with E-state index in [4.69, 9.17) is 16.7 Å². The fourth-order valence-electron chi connectivity index (χ4n) is 1.87. The summed E-state index contributed by atoms with van der Waals surface area (Å²) < 4.78 is 0. The standard InChI is InChI=1S/C15H23ClN2O2/c1-12(2)18(8-5-9-19)11-15(20)17-10-13-6-3-4-7-14(13)16/h3-4,6-7,12,19H,5,8-11H2,1-2H3,(H,17,20). The van der Waals surface area contributed by atoms with Crippen LogP contribution in [-0.2, 0) is 11.3 Å². The van der Waals surface area contributed by atoms with E-state index in [1.807, 2.05) is 43.0 Å². The molecule has 1 aromatic rings. The van der Waals surface area contributed by atoms with Gasteiger partial charge in [-0.05, 0) is 31.9 Å². The Bertz CT molecular complexity index is 424. The van der Waals surface area contributed by atoms with E-state index in [-0.39, 0.29) is 18.6 Å². The molecule has 0 atom stereocenters. The fraction of sp³-hybridized carbons (Fsp3) is 0.533. The zero-order chi connectivity index (χ0) is 15.0. The number of aliphatic hydroxyl groups is 1. The van der Waals surface area contributed by atoms with Crippen LogP contribution in [0.2, 0.25) is 5.02 Å². The van der Waals surface area contributed by atoms with Gasteiger partial charge >= 0.3 is 0 Å². The van der Waals surface area contributed by atoms with Crippen LogP contribution in [0.25, 0.3) is 0 Å². The van der Waals surface area contributed by atoms with Crippen LogP contribution in [0.4, 0.5) is 0 Å².